The Morgan fingerprint density at radius 1 is 1.37 bits per heavy atom. The first-order chi connectivity index (χ1) is 9.15. The van der Waals surface area contributed by atoms with Gasteiger partial charge in [0.15, 0.2) is 0 Å². The van der Waals surface area contributed by atoms with E-state index in [1.165, 1.54) is 0 Å². The van der Waals surface area contributed by atoms with Crippen LogP contribution in [0.15, 0.2) is 41.6 Å². The molecule has 2 N–H and O–H groups in total. The number of nitriles is 1. The van der Waals surface area contributed by atoms with Crippen molar-refractivity contribution in [3.05, 3.63) is 47.2 Å². The average Bonchev–Trinajstić information content (AvgIpc) is 2.42. The molecule has 0 unspecified atom stereocenters. The highest BCUT2D eigenvalue weighted by Gasteiger charge is 2.10. The molecule has 3 heteroatoms. The van der Waals surface area contributed by atoms with Crippen LogP contribution in [0.25, 0.3) is 6.08 Å². The topological polar surface area (TPSA) is 53.1 Å². The molecule has 3 nitrogen and oxygen atoms in total. The molecule has 0 amide bonds. The van der Waals surface area contributed by atoms with Crippen LogP contribution in [-0.2, 0) is 0 Å². The molecule has 0 spiro atoms. The molecule has 0 aromatic heterocycles. The normalized spacial score (nSPS) is 12.1. The number of anilines is 1. The highest BCUT2D eigenvalue weighted by Crippen LogP contribution is 2.19. The summed E-state index contributed by atoms with van der Waals surface area (Å²) >= 11 is 0. The Kier molecular flexibility index (Phi) is 5.69. The van der Waals surface area contributed by atoms with E-state index in [0.717, 1.165) is 24.4 Å². The fourth-order valence-electron chi connectivity index (χ4n) is 2.05. The molecule has 1 aromatic rings. The van der Waals surface area contributed by atoms with Crippen molar-refractivity contribution >= 4 is 11.8 Å². The number of benzene rings is 1. The lowest BCUT2D eigenvalue weighted by Gasteiger charge is -2.23. The Hall–Kier alpha value is -2.21. The molecule has 0 aliphatic rings. The van der Waals surface area contributed by atoms with Gasteiger partial charge in [-0.15, -0.1) is 0 Å². The monoisotopic (exact) mass is 255 g/mol. The molecule has 1 rings (SSSR count). The zero-order valence-electron chi connectivity index (χ0n) is 11.9. The fourth-order valence-corrected chi connectivity index (χ4v) is 2.05. The van der Waals surface area contributed by atoms with Gasteiger partial charge in [-0.3, -0.25) is 0 Å². The predicted molar refractivity (Wildman–Crippen MR) is 81.1 cm³/mol. The van der Waals surface area contributed by atoms with Crippen molar-refractivity contribution in [1.82, 2.24) is 4.90 Å². The van der Waals surface area contributed by atoms with Gasteiger partial charge in [0.1, 0.15) is 6.07 Å². The minimum Gasteiger partial charge on any atom is -0.399 e. The quantitative estimate of drug-likeness (QED) is 0.498. The van der Waals surface area contributed by atoms with Crippen LogP contribution in [0.2, 0.25) is 0 Å². The van der Waals surface area contributed by atoms with Gasteiger partial charge in [-0.25, -0.2) is 0 Å². The molecule has 0 heterocycles. The minimum atomic E-state index is 0.664. The van der Waals surface area contributed by atoms with E-state index in [1.54, 1.807) is 0 Å². The maximum Gasteiger partial charge on any atom is 0.101 e. The van der Waals surface area contributed by atoms with Crippen LogP contribution in [0.5, 0.6) is 0 Å². The van der Waals surface area contributed by atoms with Gasteiger partial charge < -0.3 is 10.6 Å². The molecule has 19 heavy (non-hydrogen) atoms. The summed E-state index contributed by atoms with van der Waals surface area (Å²) in [5.41, 5.74) is 9.04. The second-order valence-corrected chi connectivity index (χ2v) is 4.19. The van der Waals surface area contributed by atoms with Gasteiger partial charge in [0.25, 0.3) is 0 Å². The van der Waals surface area contributed by atoms with Gasteiger partial charge in [-0.2, -0.15) is 5.26 Å². The smallest absolute Gasteiger partial charge is 0.101 e. The van der Waals surface area contributed by atoms with Crippen molar-refractivity contribution in [3.8, 4) is 6.07 Å². The van der Waals surface area contributed by atoms with E-state index in [-0.39, 0.29) is 0 Å². The molecule has 0 aliphatic heterocycles. The van der Waals surface area contributed by atoms with Gasteiger partial charge >= 0.3 is 0 Å². The van der Waals surface area contributed by atoms with Gasteiger partial charge in [-0.1, -0.05) is 18.2 Å². The summed E-state index contributed by atoms with van der Waals surface area (Å²) in [4.78, 5) is 2.17. The van der Waals surface area contributed by atoms with Crippen molar-refractivity contribution in [3.63, 3.8) is 0 Å². The van der Waals surface area contributed by atoms with Crippen LogP contribution in [0.3, 0.4) is 0 Å². The van der Waals surface area contributed by atoms with E-state index >= 15 is 0 Å². The minimum absolute atomic E-state index is 0.664. The van der Waals surface area contributed by atoms with Crippen molar-refractivity contribution in [2.24, 2.45) is 0 Å². The largest absolute Gasteiger partial charge is 0.399 e. The molecule has 1 aromatic carbocycles. The number of allylic oxidation sites excluding steroid dienone is 2. The fraction of sp³-hybridized carbons (Fsp3) is 0.312. The van der Waals surface area contributed by atoms with Gasteiger partial charge in [0.05, 0.1) is 11.3 Å². The summed E-state index contributed by atoms with van der Waals surface area (Å²) in [5, 5.41) is 9.38. The number of hydrogen-bond donors (Lipinski definition) is 1. The number of hydrogen-bond acceptors (Lipinski definition) is 3. The van der Waals surface area contributed by atoms with Crippen LogP contribution < -0.4 is 5.73 Å². The van der Waals surface area contributed by atoms with E-state index < -0.39 is 0 Å². The first-order valence-electron chi connectivity index (χ1n) is 6.55. The first-order valence-corrected chi connectivity index (χ1v) is 6.55. The third-order valence-corrected chi connectivity index (χ3v) is 3.00. The summed E-state index contributed by atoms with van der Waals surface area (Å²) in [7, 11) is 0. The molecule has 0 bridgehead atoms. The summed E-state index contributed by atoms with van der Waals surface area (Å²) < 4.78 is 0. The SMILES string of the molecule is C/C=C(\C(C#N)=C\c1cccc(N)c1)N(CC)CC. The van der Waals surface area contributed by atoms with Crippen molar-refractivity contribution in [2.75, 3.05) is 18.8 Å². The van der Waals surface area contributed by atoms with Crippen molar-refractivity contribution < 1.29 is 0 Å². The number of nitrogen functional groups attached to an aromatic ring is 1. The molecular weight excluding hydrogens is 234 g/mol. The van der Waals surface area contributed by atoms with Crippen molar-refractivity contribution in [2.45, 2.75) is 20.8 Å². The zero-order valence-corrected chi connectivity index (χ0v) is 11.9. The van der Waals surface area contributed by atoms with Crippen molar-refractivity contribution in [1.29, 1.82) is 5.26 Å². The highest BCUT2D eigenvalue weighted by molar-refractivity contribution is 5.65. The summed E-state index contributed by atoms with van der Waals surface area (Å²) in [6.45, 7) is 7.89. The van der Waals surface area contributed by atoms with E-state index in [4.69, 9.17) is 5.73 Å². The molecule has 0 saturated heterocycles. The number of likely N-dealkylation sites (N-methyl/N-ethyl adjacent to an activating group) is 1. The molecule has 100 valence electrons. The lowest BCUT2D eigenvalue weighted by molar-refractivity contribution is 0.391. The second-order valence-electron chi connectivity index (χ2n) is 4.19. The van der Waals surface area contributed by atoms with Crippen LogP contribution >= 0.6 is 0 Å². The second kappa shape index (κ2) is 7.27. The Bertz CT molecular complexity index is 517. The standard InChI is InChI=1S/C16H21N3/c1-4-16(19(5-2)6-3)14(12-17)10-13-8-7-9-15(18)11-13/h4,7-11H,5-6,18H2,1-3H3/b14-10+,16-4+. The zero-order chi connectivity index (χ0) is 14.3. The van der Waals surface area contributed by atoms with E-state index in [0.29, 0.717) is 11.3 Å². The van der Waals surface area contributed by atoms with Gasteiger partial charge in [0, 0.05) is 18.8 Å². The Morgan fingerprint density at radius 3 is 2.53 bits per heavy atom. The lowest BCUT2D eigenvalue weighted by Crippen LogP contribution is -2.23. The number of rotatable bonds is 5. The van der Waals surface area contributed by atoms with Gasteiger partial charge in [0.2, 0.25) is 0 Å². The average molecular weight is 255 g/mol. The van der Waals surface area contributed by atoms with Crippen LogP contribution in [0.1, 0.15) is 26.3 Å². The molecule has 0 atom stereocenters. The summed E-state index contributed by atoms with van der Waals surface area (Å²) in [6, 6.07) is 9.83. The third kappa shape index (κ3) is 3.89. The maximum atomic E-state index is 9.38. The highest BCUT2D eigenvalue weighted by atomic mass is 15.1. The van der Waals surface area contributed by atoms with E-state index in [9.17, 15) is 5.26 Å². The van der Waals surface area contributed by atoms with E-state index in [2.05, 4.69) is 24.8 Å². The summed E-state index contributed by atoms with van der Waals surface area (Å²) in [6.07, 6.45) is 3.86. The summed E-state index contributed by atoms with van der Waals surface area (Å²) in [5.74, 6) is 0. The lowest BCUT2D eigenvalue weighted by atomic mass is 10.1. The Labute approximate surface area is 115 Å². The Balaban J connectivity index is 3.16. The van der Waals surface area contributed by atoms with E-state index in [1.807, 2.05) is 43.3 Å². The third-order valence-electron chi connectivity index (χ3n) is 3.00. The van der Waals surface area contributed by atoms with Gasteiger partial charge in [-0.05, 0) is 44.5 Å². The molecule has 0 radical (unpaired) electrons. The number of nitrogens with two attached hydrogens (primary N) is 1. The molecule has 0 saturated carbocycles. The van der Waals surface area contributed by atoms with Crippen LogP contribution in [0, 0.1) is 11.3 Å². The first kappa shape index (κ1) is 14.8. The molecule has 0 fully saturated rings. The predicted octanol–water partition coefficient (Wildman–Crippen LogP) is 3.42. The van der Waals surface area contributed by atoms with Crippen LogP contribution in [-0.4, -0.2) is 18.0 Å². The number of nitrogens with zero attached hydrogens (tertiary/aromatic N) is 2. The van der Waals surface area contributed by atoms with Crippen LogP contribution in [0.4, 0.5) is 5.69 Å². The Morgan fingerprint density at radius 2 is 2.05 bits per heavy atom. The molecular formula is C16H21N3. The molecule has 0 aliphatic carbocycles. The maximum absolute atomic E-state index is 9.38.